The number of aliphatic hydroxyl groups is 1. The predicted octanol–water partition coefficient (Wildman–Crippen LogP) is 1.98. The van der Waals surface area contributed by atoms with Crippen LogP contribution in [0.25, 0.3) is 11.1 Å². The lowest BCUT2D eigenvalue weighted by molar-refractivity contribution is 0.175. The van der Waals surface area contributed by atoms with E-state index in [4.69, 9.17) is 10.2 Å². The zero-order valence-electron chi connectivity index (χ0n) is 9.81. The summed E-state index contributed by atoms with van der Waals surface area (Å²) < 4.78 is 5.46. The summed E-state index contributed by atoms with van der Waals surface area (Å²) in [6.07, 6.45) is 1.34. The molecule has 0 amide bonds. The Morgan fingerprint density at radius 3 is 3.12 bits per heavy atom. The van der Waals surface area contributed by atoms with Gasteiger partial charge in [-0.3, -0.25) is 0 Å². The molecule has 0 aliphatic carbocycles. The molecule has 0 aliphatic heterocycles. The van der Waals surface area contributed by atoms with E-state index in [1.54, 1.807) is 18.2 Å². The van der Waals surface area contributed by atoms with Crippen LogP contribution in [0.3, 0.4) is 0 Å². The van der Waals surface area contributed by atoms with Crippen LogP contribution < -0.4 is 11.1 Å². The van der Waals surface area contributed by atoms with Crippen LogP contribution in [0, 0.1) is 0 Å². The number of benzene rings is 1. The van der Waals surface area contributed by atoms with E-state index in [0.717, 1.165) is 18.4 Å². The van der Waals surface area contributed by atoms with Crippen molar-refractivity contribution in [3.05, 3.63) is 18.2 Å². The summed E-state index contributed by atoms with van der Waals surface area (Å²) in [5, 5.41) is 12.5. The summed E-state index contributed by atoms with van der Waals surface area (Å²) in [7, 11) is 0. The van der Waals surface area contributed by atoms with Crippen LogP contribution in [0.5, 0.6) is 0 Å². The molecule has 17 heavy (non-hydrogen) atoms. The first-order valence-corrected chi connectivity index (χ1v) is 5.77. The first-order chi connectivity index (χ1) is 8.19. The summed E-state index contributed by atoms with van der Waals surface area (Å²) in [6, 6.07) is 5.72. The summed E-state index contributed by atoms with van der Waals surface area (Å²) in [6.45, 7) is 2.47. The summed E-state index contributed by atoms with van der Waals surface area (Å²) in [5.41, 5.74) is 7.72. The molecule has 1 unspecified atom stereocenters. The maximum Gasteiger partial charge on any atom is 0.295 e. The molecule has 2 aromatic rings. The van der Waals surface area contributed by atoms with E-state index in [1.807, 2.05) is 6.92 Å². The average molecular weight is 235 g/mol. The second-order valence-electron chi connectivity index (χ2n) is 4.07. The second kappa shape index (κ2) is 5.05. The van der Waals surface area contributed by atoms with Crippen LogP contribution in [-0.4, -0.2) is 22.7 Å². The third-order valence-corrected chi connectivity index (χ3v) is 2.52. The Hall–Kier alpha value is -1.75. The van der Waals surface area contributed by atoms with Gasteiger partial charge in [0.1, 0.15) is 5.52 Å². The first kappa shape index (κ1) is 11.7. The molecular formula is C12H17N3O2. The molecule has 1 aromatic heterocycles. The number of hydrogen-bond donors (Lipinski definition) is 3. The number of hydrogen-bond acceptors (Lipinski definition) is 5. The maximum absolute atomic E-state index is 9.58. The Morgan fingerprint density at radius 1 is 1.53 bits per heavy atom. The van der Waals surface area contributed by atoms with Crippen LogP contribution in [-0.2, 0) is 0 Å². The van der Waals surface area contributed by atoms with Gasteiger partial charge in [-0.2, -0.15) is 4.98 Å². The topological polar surface area (TPSA) is 84.3 Å². The molecule has 0 saturated heterocycles. The minimum atomic E-state index is -0.375. The number of nitrogens with one attached hydrogen (secondary N) is 1. The van der Waals surface area contributed by atoms with Crippen molar-refractivity contribution in [2.24, 2.45) is 0 Å². The summed E-state index contributed by atoms with van der Waals surface area (Å²) in [5.74, 6) is 0. The summed E-state index contributed by atoms with van der Waals surface area (Å²) >= 11 is 0. The number of aromatic nitrogens is 1. The van der Waals surface area contributed by atoms with Gasteiger partial charge < -0.3 is 20.6 Å². The monoisotopic (exact) mass is 235 g/mol. The van der Waals surface area contributed by atoms with E-state index in [9.17, 15) is 5.11 Å². The third-order valence-electron chi connectivity index (χ3n) is 2.52. The number of nitrogens with zero attached hydrogens (tertiary/aromatic N) is 1. The van der Waals surface area contributed by atoms with Gasteiger partial charge in [-0.25, -0.2) is 0 Å². The number of fused-ring (bicyclic) bond motifs is 1. The Bertz CT molecular complexity index is 495. The Labute approximate surface area is 99.6 Å². The lowest BCUT2D eigenvalue weighted by Gasteiger charge is -2.08. The molecule has 2 rings (SSSR count). The summed E-state index contributed by atoms with van der Waals surface area (Å²) in [4.78, 5) is 4.24. The smallest absolute Gasteiger partial charge is 0.295 e. The highest BCUT2D eigenvalue weighted by molar-refractivity contribution is 5.78. The molecule has 4 N–H and O–H groups in total. The van der Waals surface area contributed by atoms with E-state index >= 15 is 0 Å². The fourth-order valence-corrected chi connectivity index (χ4v) is 1.66. The minimum Gasteiger partial charge on any atom is -0.424 e. The van der Waals surface area contributed by atoms with Gasteiger partial charge >= 0.3 is 0 Å². The van der Waals surface area contributed by atoms with E-state index < -0.39 is 0 Å². The number of aliphatic hydroxyl groups excluding tert-OH is 1. The van der Waals surface area contributed by atoms with Crippen molar-refractivity contribution < 1.29 is 9.52 Å². The van der Waals surface area contributed by atoms with Gasteiger partial charge in [0, 0.05) is 12.2 Å². The molecule has 92 valence electrons. The van der Waals surface area contributed by atoms with Crippen molar-refractivity contribution in [3.63, 3.8) is 0 Å². The lowest BCUT2D eigenvalue weighted by atomic mass is 10.2. The molecule has 5 heteroatoms. The fourth-order valence-electron chi connectivity index (χ4n) is 1.66. The van der Waals surface area contributed by atoms with E-state index in [1.165, 1.54) is 0 Å². The van der Waals surface area contributed by atoms with Gasteiger partial charge in [0.15, 0.2) is 5.58 Å². The van der Waals surface area contributed by atoms with E-state index in [0.29, 0.717) is 23.8 Å². The molecule has 0 saturated carbocycles. The van der Waals surface area contributed by atoms with Crippen molar-refractivity contribution in [2.75, 3.05) is 17.6 Å². The number of oxazole rings is 1. The van der Waals surface area contributed by atoms with Gasteiger partial charge in [0.2, 0.25) is 0 Å². The van der Waals surface area contributed by atoms with Crippen molar-refractivity contribution in [3.8, 4) is 0 Å². The molecule has 0 radical (unpaired) electrons. The van der Waals surface area contributed by atoms with Crippen LogP contribution >= 0.6 is 0 Å². The van der Waals surface area contributed by atoms with Crippen LogP contribution in [0.15, 0.2) is 22.6 Å². The van der Waals surface area contributed by atoms with Gasteiger partial charge in [0.25, 0.3) is 6.01 Å². The predicted molar refractivity (Wildman–Crippen MR) is 67.8 cm³/mol. The SMILES string of the molecule is CCCC(O)CNc1nc2cc(N)ccc2o1. The molecule has 0 fully saturated rings. The number of rotatable bonds is 5. The minimum absolute atomic E-state index is 0.375. The molecular weight excluding hydrogens is 218 g/mol. The van der Waals surface area contributed by atoms with Crippen LogP contribution in [0.1, 0.15) is 19.8 Å². The Balaban J connectivity index is 2.04. The first-order valence-electron chi connectivity index (χ1n) is 5.77. The molecule has 1 atom stereocenters. The van der Waals surface area contributed by atoms with Gasteiger partial charge in [0.05, 0.1) is 6.10 Å². The Morgan fingerprint density at radius 2 is 2.35 bits per heavy atom. The highest BCUT2D eigenvalue weighted by Crippen LogP contribution is 2.20. The van der Waals surface area contributed by atoms with Crippen LogP contribution in [0.4, 0.5) is 11.7 Å². The molecule has 0 aliphatic rings. The average Bonchev–Trinajstić information content (AvgIpc) is 2.68. The third kappa shape index (κ3) is 2.88. The quantitative estimate of drug-likeness (QED) is 0.690. The normalized spacial score (nSPS) is 12.8. The van der Waals surface area contributed by atoms with Crippen LogP contribution in [0.2, 0.25) is 0 Å². The zero-order chi connectivity index (χ0) is 12.3. The number of anilines is 2. The van der Waals surface area contributed by atoms with Crippen molar-refractivity contribution >= 4 is 22.8 Å². The second-order valence-corrected chi connectivity index (χ2v) is 4.07. The van der Waals surface area contributed by atoms with E-state index in [-0.39, 0.29) is 6.10 Å². The molecule has 0 bridgehead atoms. The van der Waals surface area contributed by atoms with Gasteiger partial charge in [-0.05, 0) is 24.6 Å². The Kier molecular flexibility index (Phi) is 3.49. The van der Waals surface area contributed by atoms with Crippen molar-refractivity contribution in [1.82, 2.24) is 4.98 Å². The molecule has 1 aromatic carbocycles. The van der Waals surface area contributed by atoms with Crippen molar-refractivity contribution in [2.45, 2.75) is 25.9 Å². The lowest BCUT2D eigenvalue weighted by Crippen LogP contribution is -2.19. The highest BCUT2D eigenvalue weighted by Gasteiger charge is 2.07. The maximum atomic E-state index is 9.58. The number of nitrogen functional groups attached to an aromatic ring is 1. The fraction of sp³-hybridized carbons (Fsp3) is 0.417. The molecule has 5 nitrogen and oxygen atoms in total. The number of nitrogens with two attached hydrogens (primary N) is 1. The van der Waals surface area contributed by atoms with Crippen molar-refractivity contribution in [1.29, 1.82) is 0 Å². The van der Waals surface area contributed by atoms with E-state index in [2.05, 4.69) is 10.3 Å². The molecule has 0 spiro atoms. The standard InChI is InChI=1S/C12H17N3O2/c1-2-3-9(16)7-14-12-15-10-6-8(13)4-5-11(10)17-12/h4-6,9,16H,2-3,7,13H2,1H3,(H,14,15). The van der Waals surface area contributed by atoms with Gasteiger partial charge in [-0.1, -0.05) is 13.3 Å². The molecule has 1 heterocycles. The zero-order valence-corrected chi connectivity index (χ0v) is 9.81. The highest BCUT2D eigenvalue weighted by atomic mass is 16.4. The van der Waals surface area contributed by atoms with Gasteiger partial charge in [-0.15, -0.1) is 0 Å². The largest absolute Gasteiger partial charge is 0.424 e.